The molecule has 1 atom stereocenters. The average Bonchev–Trinajstić information content (AvgIpc) is 2.04. The molecule has 2 nitrogen and oxygen atoms in total. The molecule has 0 spiro atoms. The molecule has 1 fully saturated rings. The summed E-state index contributed by atoms with van der Waals surface area (Å²) in [6.07, 6.45) is 4.80. The van der Waals surface area contributed by atoms with E-state index in [4.69, 9.17) is 0 Å². The zero-order valence-electron chi connectivity index (χ0n) is 7.47. The molecule has 1 saturated heterocycles. The van der Waals surface area contributed by atoms with Gasteiger partial charge < -0.3 is 4.90 Å². The molecule has 0 N–H and O–H groups in total. The number of carbonyl (C=O) groups is 1. The largest absolute Gasteiger partial charge is 0.340 e. The molecule has 11 heavy (non-hydrogen) atoms. The molecule has 0 aromatic carbocycles. The van der Waals surface area contributed by atoms with Gasteiger partial charge in [0, 0.05) is 19.5 Å². The van der Waals surface area contributed by atoms with Gasteiger partial charge in [-0.05, 0) is 25.7 Å². The van der Waals surface area contributed by atoms with Crippen LogP contribution in [0.5, 0.6) is 0 Å². The van der Waals surface area contributed by atoms with Crippen molar-refractivity contribution in [3.63, 3.8) is 0 Å². The van der Waals surface area contributed by atoms with Gasteiger partial charge in [-0.2, -0.15) is 0 Å². The minimum absolute atomic E-state index is 0.247. The van der Waals surface area contributed by atoms with Crippen LogP contribution in [0, 0.1) is 0 Å². The Bertz CT molecular complexity index is 144. The Morgan fingerprint density at radius 3 is 2.73 bits per heavy atom. The van der Waals surface area contributed by atoms with Crippen molar-refractivity contribution >= 4 is 5.91 Å². The summed E-state index contributed by atoms with van der Waals surface area (Å²) in [7, 11) is 0. The number of nitrogens with zero attached hydrogens (tertiary/aromatic N) is 1. The molecule has 0 saturated carbocycles. The molecule has 1 aliphatic heterocycles. The lowest BCUT2D eigenvalue weighted by molar-refractivity contribution is -0.132. The molecule has 1 amide bonds. The lowest BCUT2D eigenvalue weighted by atomic mass is 10.0. The number of rotatable bonds is 1. The Hall–Kier alpha value is -0.530. The summed E-state index contributed by atoms with van der Waals surface area (Å²) in [4.78, 5) is 13.1. The lowest BCUT2D eigenvalue weighted by Gasteiger charge is -2.34. The van der Waals surface area contributed by atoms with E-state index in [2.05, 4.69) is 6.92 Å². The molecule has 0 radical (unpaired) electrons. The van der Waals surface area contributed by atoms with Gasteiger partial charge in [0.1, 0.15) is 0 Å². The second-order valence-corrected chi connectivity index (χ2v) is 3.27. The summed E-state index contributed by atoms with van der Waals surface area (Å²) >= 11 is 0. The molecule has 0 bridgehead atoms. The van der Waals surface area contributed by atoms with Crippen LogP contribution in [0.1, 0.15) is 39.5 Å². The second kappa shape index (κ2) is 3.74. The normalized spacial score (nSPS) is 25.3. The van der Waals surface area contributed by atoms with Crippen LogP contribution in [0.3, 0.4) is 0 Å². The van der Waals surface area contributed by atoms with E-state index in [0.717, 1.165) is 13.0 Å². The van der Waals surface area contributed by atoms with E-state index in [9.17, 15) is 4.79 Å². The molecular weight excluding hydrogens is 138 g/mol. The molecule has 1 rings (SSSR count). The van der Waals surface area contributed by atoms with Crippen molar-refractivity contribution in [2.45, 2.75) is 45.6 Å². The maximum atomic E-state index is 11.1. The van der Waals surface area contributed by atoms with Crippen LogP contribution < -0.4 is 0 Å². The molecule has 1 aliphatic rings. The summed E-state index contributed by atoms with van der Waals surface area (Å²) in [6, 6.07) is 0.529. The maximum Gasteiger partial charge on any atom is 0.219 e. The summed E-state index contributed by atoms with van der Waals surface area (Å²) in [5, 5.41) is 0. The molecule has 0 aromatic heterocycles. The van der Waals surface area contributed by atoms with E-state index in [1.165, 1.54) is 19.3 Å². The number of likely N-dealkylation sites (tertiary alicyclic amines) is 1. The third kappa shape index (κ3) is 1.95. The lowest BCUT2D eigenvalue weighted by Crippen LogP contribution is -2.42. The zero-order chi connectivity index (χ0) is 8.27. The minimum atomic E-state index is 0.247. The van der Waals surface area contributed by atoms with E-state index in [0.29, 0.717) is 6.04 Å². The highest BCUT2D eigenvalue weighted by Crippen LogP contribution is 2.18. The van der Waals surface area contributed by atoms with Crippen LogP contribution >= 0.6 is 0 Å². The Morgan fingerprint density at radius 1 is 1.55 bits per heavy atom. The summed E-state index contributed by atoms with van der Waals surface area (Å²) in [6.45, 7) is 4.81. The van der Waals surface area contributed by atoms with E-state index in [1.54, 1.807) is 6.92 Å². The first-order valence-corrected chi connectivity index (χ1v) is 4.53. The summed E-state index contributed by atoms with van der Waals surface area (Å²) in [5.41, 5.74) is 0. The summed E-state index contributed by atoms with van der Waals surface area (Å²) < 4.78 is 0. The van der Waals surface area contributed by atoms with Crippen LogP contribution in [-0.2, 0) is 4.79 Å². The van der Waals surface area contributed by atoms with Gasteiger partial charge in [0.15, 0.2) is 0 Å². The Kier molecular flexibility index (Phi) is 2.92. The molecule has 0 aromatic rings. The minimum Gasteiger partial charge on any atom is -0.340 e. The average molecular weight is 155 g/mol. The quantitative estimate of drug-likeness (QED) is 0.565. The standard InChI is InChI=1S/C9H17NO/c1-3-9-6-4-5-7-10(9)8(2)11/h9H,3-7H2,1-2H3/t9-/m0/s1. The van der Waals surface area contributed by atoms with Crippen LogP contribution in [-0.4, -0.2) is 23.4 Å². The van der Waals surface area contributed by atoms with Crippen LogP contribution in [0.2, 0.25) is 0 Å². The number of carbonyl (C=O) groups excluding carboxylic acids is 1. The fourth-order valence-electron chi connectivity index (χ4n) is 1.84. The highest BCUT2D eigenvalue weighted by molar-refractivity contribution is 5.73. The van der Waals surface area contributed by atoms with Gasteiger partial charge in [0.2, 0.25) is 5.91 Å². The predicted molar refractivity (Wildman–Crippen MR) is 45.3 cm³/mol. The molecule has 2 heteroatoms. The first kappa shape index (κ1) is 8.57. The molecule has 0 aliphatic carbocycles. The molecule has 1 heterocycles. The van der Waals surface area contributed by atoms with Crippen LogP contribution in [0.4, 0.5) is 0 Å². The number of piperidine rings is 1. The van der Waals surface area contributed by atoms with E-state index >= 15 is 0 Å². The van der Waals surface area contributed by atoms with Crippen molar-refractivity contribution in [3.05, 3.63) is 0 Å². The van der Waals surface area contributed by atoms with Gasteiger partial charge >= 0.3 is 0 Å². The van der Waals surface area contributed by atoms with Gasteiger partial charge in [0.05, 0.1) is 0 Å². The van der Waals surface area contributed by atoms with E-state index < -0.39 is 0 Å². The number of amides is 1. The molecule has 64 valence electrons. The Balaban J connectivity index is 2.51. The first-order valence-electron chi connectivity index (χ1n) is 4.53. The Morgan fingerprint density at radius 2 is 2.27 bits per heavy atom. The van der Waals surface area contributed by atoms with Gasteiger partial charge in [-0.25, -0.2) is 0 Å². The van der Waals surface area contributed by atoms with Crippen LogP contribution in [0.25, 0.3) is 0 Å². The van der Waals surface area contributed by atoms with Crippen LogP contribution in [0.15, 0.2) is 0 Å². The Labute approximate surface area is 68.6 Å². The second-order valence-electron chi connectivity index (χ2n) is 3.27. The first-order chi connectivity index (χ1) is 5.25. The van der Waals surface area contributed by atoms with Gasteiger partial charge in [-0.3, -0.25) is 4.79 Å². The van der Waals surface area contributed by atoms with Crippen molar-refractivity contribution in [1.29, 1.82) is 0 Å². The number of hydrogen-bond acceptors (Lipinski definition) is 1. The van der Waals surface area contributed by atoms with Crippen molar-refractivity contribution in [2.24, 2.45) is 0 Å². The number of hydrogen-bond donors (Lipinski definition) is 0. The molecular formula is C9H17NO. The SMILES string of the molecule is CC[C@H]1CCCCN1C(C)=O. The van der Waals surface area contributed by atoms with Crippen molar-refractivity contribution in [2.75, 3.05) is 6.54 Å². The highest BCUT2D eigenvalue weighted by Gasteiger charge is 2.21. The molecule has 0 unspecified atom stereocenters. The zero-order valence-corrected chi connectivity index (χ0v) is 7.47. The van der Waals surface area contributed by atoms with Gasteiger partial charge in [0.25, 0.3) is 0 Å². The van der Waals surface area contributed by atoms with Crippen molar-refractivity contribution in [1.82, 2.24) is 4.90 Å². The van der Waals surface area contributed by atoms with E-state index in [-0.39, 0.29) is 5.91 Å². The van der Waals surface area contributed by atoms with E-state index in [1.807, 2.05) is 4.90 Å². The third-order valence-electron chi connectivity index (χ3n) is 2.50. The fraction of sp³-hybridized carbons (Fsp3) is 0.889. The monoisotopic (exact) mass is 155 g/mol. The summed E-state index contributed by atoms with van der Waals surface area (Å²) in [5.74, 6) is 0.247. The van der Waals surface area contributed by atoms with Gasteiger partial charge in [-0.1, -0.05) is 6.92 Å². The predicted octanol–water partition coefficient (Wildman–Crippen LogP) is 1.80. The van der Waals surface area contributed by atoms with Crippen molar-refractivity contribution in [3.8, 4) is 0 Å². The third-order valence-corrected chi connectivity index (χ3v) is 2.50. The highest BCUT2D eigenvalue weighted by atomic mass is 16.2. The maximum absolute atomic E-state index is 11.1. The smallest absolute Gasteiger partial charge is 0.219 e. The topological polar surface area (TPSA) is 20.3 Å². The van der Waals surface area contributed by atoms with Gasteiger partial charge in [-0.15, -0.1) is 0 Å². The van der Waals surface area contributed by atoms with Crippen molar-refractivity contribution < 1.29 is 4.79 Å². The fourth-order valence-corrected chi connectivity index (χ4v) is 1.84.